The van der Waals surface area contributed by atoms with E-state index in [9.17, 15) is 9.59 Å². The Morgan fingerprint density at radius 2 is 1.48 bits per heavy atom. The monoisotopic (exact) mass is 326 g/mol. The van der Waals surface area contributed by atoms with E-state index >= 15 is 0 Å². The zero-order chi connectivity index (χ0) is 17.1. The van der Waals surface area contributed by atoms with Crippen LogP contribution in [0, 0.1) is 11.8 Å². The number of hydrogen-bond donors (Lipinski definition) is 1. The van der Waals surface area contributed by atoms with Crippen molar-refractivity contribution in [2.24, 2.45) is 11.8 Å². The van der Waals surface area contributed by atoms with Crippen LogP contribution in [-0.4, -0.2) is 23.1 Å². The van der Waals surface area contributed by atoms with Gasteiger partial charge in [-0.3, -0.25) is 9.59 Å². The van der Waals surface area contributed by atoms with Crippen LogP contribution in [-0.2, 0) is 14.3 Å². The number of ether oxygens (including phenoxy) is 1. The SMILES string of the molecule is CCCCCCCCCC(C)OC(=O)C1CCC(C(=O)O)CC1. The van der Waals surface area contributed by atoms with Crippen LogP contribution >= 0.6 is 0 Å². The number of aliphatic carboxylic acids is 1. The van der Waals surface area contributed by atoms with Gasteiger partial charge >= 0.3 is 11.9 Å². The number of esters is 1. The van der Waals surface area contributed by atoms with Crippen molar-refractivity contribution in [3.8, 4) is 0 Å². The highest BCUT2D eigenvalue weighted by Gasteiger charge is 2.31. The molecule has 0 bridgehead atoms. The van der Waals surface area contributed by atoms with E-state index in [4.69, 9.17) is 9.84 Å². The topological polar surface area (TPSA) is 63.6 Å². The summed E-state index contributed by atoms with van der Waals surface area (Å²) in [7, 11) is 0. The second kappa shape index (κ2) is 11.5. The molecule has 0 aromatic heterocycles. The first-order valence-corrected chi connectivity index (χ1v) is 9.47. The highest BCUT2D eigenvalue weighted by atomic mass is 16.5. The Morgan fingerprint density at radius 1 is 0.957 bits per heavy atom. The van der Waals surface area contributed by atoms with Gasteiger partial charge in [0.05, 0.1) is 17.9 Å². The Hall–Kier alpha value is -1.06. The molecule has 1 unspecified atom stereocenters. The normalized spacial score (nSPS) is 22.5. The molecule has 1 saturated carbocycles. The molecular weight excluding hydrogens is 292 g/mol. The van der Waals surface area contributed by atoms with Gasteiger partial charge in [-0.2, -0.15) is 0 Å². The number of rotatable bonds is 11. The number of unbranched alkanes of at least 4 members (excludes halogenated alkanes) is 6. The number of carboxylic acid groups (broad SMARTS) is 1. The van der Waals surface area contributed by atoms with Gasteiger partial charge in [-0.25, -0.2) is 0 Å². The quantitative estimate of drug-likeness (QED) is 0.431. The summed E-state index contributed by atoms with van der Waals surface area (Å²) in [6.45, 7) is 4.20. The van der Waals surface area contributed by atoms with Crippen LogP contribution in [0.15, 0.2) is 0 Å². The lowest BCUT2D eigenvalue weighted by Gasteiger charge is -2.25. The van der Waals surface area contributed by atoms with Crippen molar-refractivity contribution in [3.63, 3.8) is 0 Å². The minimum Gasteiger partial charge on any atom is -0.481 e. The number of carboxylic acids is 1. The number of hydrogen-bond acceptors (Lipinski definition) is 3. The lowest BCUT2D eigenvalue weighted by Crippen LogP contribution is -2.29. The van der Waals surface area contributed by atoms with Crippen molar-refractivity contribution in [3.05, 3.63) is 0 Å². The van der Waals surface area contributed by atoms with Crippen molar-refractivity contribution in [2.75, 3.05) is 0 Å². The molecule has 0 amide bonds. The van der Waals surface area contributed by atoms with Crippen LogP contribution in [0.5, 0.6) is 0 Å². The second-order valence-corrected chi connectivity index (χ2v) is 7.04. The molecule has 1 aliphatic rings. The highest BCUT2D eigenvalue weighted by molar-refractivity contribution is 5.74. The fourth-order valence-electron chi connectivity index (χ4n) is 3.32. The third kappa shape index (κ3) is 8.38. The van der Waals surface area contributed by atoms with Gasteiger partial charge in [0.15, 0.2) is 0 Å². The first-order chi connectivity index (χ1) is 11.0. The lowest BCUT2D eigenvalue weighted by atomic mass is 9.82. The zero-order valence-corrected chi connectivity index (χ0v) is 14.9. The van der Waals surface area contributed by atoms with E-state index < -0.39 is 5.97 Å². The smallest absolute Gasteiger partial charge is 0.309 e. The van der Waals surface area contributed by atoms with E-state index in [2.05, 4.69) is 6.92 Å². The maximum Gasteiger partial charge on any atom is 0.309 e. The molecule has 1 aliphatic carbocycles. The predicted octanol–water partition coefficient (Wildman–Crippen LogP) is 4.95. The summed E-state index contributed by atoms with van der Waals surface area (Å²) in [6.07, 6.45) is 12.3. The maximum absolute atomic E-state index is 12.1. The highest BCUT2D eigenvalue weighted by Crippen LogP contribution is 2.30. The number of carbonyl (C=O) groups is 2. The number of carbonyl (C=O) groups excluding carboxylic acids is 1. The molecule has 1 N–H and O–H groups in total. The maximum atomic E-state index is 12.1. The van der Waals surface area contributed by atoms with E-state index in [1.165, 1.54) is 38.5 Å². The van der Waals surface area contributed by atoms with Gasteiger partial charge in [-0.05, 0) is 45.4 Å². The Bertz CT molecular complexity index is 345. The van der Waals surface area contributed by atoms with Crippen LogP contribution in [0.25, 0.3) is 0 Å². The first-order valence-electron chi connectivity index (χ1n) is 9.47. The summed E-state index contributed by atoms with van der Waals surface area (Å²) in [5.41, 5.74) is 0. The fourth-order valence-corrected chi connectivity index (χ4v) is 3.32. The summed E-state index contributed by atoms with van der Waals surface area (Å²) in [5, 5.41) is 8.98. The summed E-state index contributed by atoms with van der Waals surface area (Å²) in [5.74, 6) is -1.22. The van der Waals surface area contributed by atoms with Crippen molar-refractivity contribution < 1.29 is 19.4 Å². The van der Waals surface area contributed by atoms with Gasteiger partial charge in [0.2, 0.25) is 0 Å². The fraction of sp³-hybridized carbons (Fsp3) is 0.895. The summed E-state index contributed by atoms with van der Waals surface area (Å²) in [6, 6.07) is 0. The van der Waals surface area contributed by atoms with Crippen LogP contribution in [0.3, 0.4) is 0 Å². The van der Waals surface area contributed by atoms with Crippen LogP contribution in [0.1, 0.15) is 90.9 Å². The molecule has 4 heteroatoms. The molecular formula is C19H34O4. The molecule has 0 saturated heterocycles. The Kier molecular flexibility index (Phi) is 9.97. The van der Waals surface area contributed by atoms with E-state index in [-0.39, 0.29) is 23.9 Å². The Morgan fingerprint density at radius 3 is 2.04 bits per heavy atom. The average molecular weight is 326 g/mol. The molecule has 134 valence electrons. The zero-order valence-electron chi connectivity index (χ0n) is 14.9. The summed E-state index contributed by atoms with van der Waals surface area (Å²) >= 11 is 0. The third-order valence-corrected chi connectivity index (χ3v) is 4.94. The minimum atomic E-state index is -0.732. The van der Waals surface area contributed by atoms with Gasteiger partial charge in [0.1, 0.15) is 0 Å². The van der Waals surface area contributed by atoms with E-state index in [1.54, 1.807) is 0 Å². The van der Waals surface area contributed by atoms with Crippen molar-refractivity contribution in [1.29, 1.82) is 0 Å². The molecule has 0 heterocycles. The molecule has 0 aromatic carbocycles. The Labute approximate surface area is 141 Å². The second-order valence-electron chi connectivity index (χ2n) is 7.04. The van der Waals surface area contributed by atoms with Gasteiger partial charge in [0.25, 0.3) is 0 Å². The third-order valence-electron chi connectivity index (χ3n) is 4.94. The van der Waals surface area contributed by atoms with Gasteiger partial charge in [-0.15, -0.1) is 0 Å². The molecule has 1 rings (SSSR count). The largest absolute Gasteiger partial charge is 0.481 e. The molecule has 0 radical (unpaired) electrons. The minimum absolute atomic E-state index is 0.0182. The molecule has 0 spiro atoms. The standard InChI is InChI=1S/C19H34O4/c1-3-4-5-6-7-8-9-10-15(2)23-19(22)17-13-11-16(12-14-17)18(20)21/h15-17H,3-14H2,1-2H3,(H,20,21). The molecule has 0 aliphatic heterocycles. The molecule has 0 aromatic rings. The molecule has 4 nitrogen and oxygen atoms in total. The van der Waals surface area contributed by atoms with Crippen molar-refractivity contribution in [2.45, 2.75) is 97.0 Å². The van der Waals surface area contributed by atoms with Crippen LogP contribution < -0.4 is 0 Å². The van der Waals surface area contributed by atoms with Crippen molar-refractivity contribution >= 4 is 11.9 Å². The van der Waals surface area contributed by atoms with E-state index in [1.807, 2.05) is 6.92 Å². The van der Waals surface area contributed by atoms with Crippen molar-refractivity contribution in [1.82, 2.24) is 0 Å². The lowest BCUT2D eigenvalue weighted by molar-refractivity contribution is -0.156. The van der Waals surface area contributed by atoms with Crippen LogP contribution in [0.4, 0.5) is 0 Å². The molecule has 23 heavy (non-hydrogen) atoms. The Balaban J connectivity index is 2.08. The predicted molar refractivity (Wildman–Crippen MR) is 91.2 cm³/mol. The van der Waals surface area contributed by atoms with E-state index in [0.717, 1.165) is 12.8 Å². The van der Waals surface area contributed by atoms with Gasteiger partial charge in [-0.1, -0.05) is 45.4 Å². The summed E-state index contributed by atoms with van der Waals surface area (Å²) < 4.78 is 5.54. The molecule has 1 atom stereocenters. The van der Waals surface area contributed by atoms with Crippen LogP contribution in [0.2, 0.25) is 0 Å². The molecule has 1 fully saturated rings. The first kappa shape index (κ1) is 20.0. The van der Waals surface area contributed by atoms with E-state index in [0.29, 0.717) is 25.7 Å². The summed E-state index contributed by atoms with van der Waals surface area (Å²) in [4.78, 5) is 23.0. The average Bonchev–Trinajstić information content (AvgIpc) is 2.54. The van der Waals surface area contributed by atoms with Gasteiger partial charge in [0, 0.05) is 0 Å². The van der Waals surface area contributed by atoms with Gasteiger partial charge < -0.3 is 9.84 Å².